The predicted octanol–water partition coefficient (Wildman–Crippen LogP) is 3.22. The number of methoxy groups -OCH3 is 1. The molecule has 0 atom stereocenters. The summed E-state index contributed by atoms with van der Waals surface area (Å²) in [5.74, 6) is 1.80. The third-order valence-electron chi connectivity index (χ3n) is 4.17. The van der Waals surface area contributed by atoms with E-state index in [1.807, 2.05) is 0 Å². The third-order valence-corrected chi connectivity index (χ3v) is 5.57. The van der Waals surface area contributed by atoms with Crippen LogP contribution >= 0.6 is 0 Å². The van der Waals surface area contributed by atoms with Crippen molar-refractivity contribution in [3.63, 3.8) is 0 Å². The lowest BCUT2D eigenvalue weighted by Crippen LogP contribution is -2.12. The Balaban J connectivity index is 1.46. The van der Waals surface area contributed by atoms with Crippen molar-refractivity contribution >= 4 is 27.2 Å². The molecule has 0 radical (unpaired) electrons. The molecule has 9 nitrogen and oxygen atoms in total. The number of anilines is 3. The van der Waals surface area contributed by atoms with Gasteiger partial charge in [0, 0.05) is 29.8 Å². The van der Waals surface area contributed by atoms with Crippen LogP contribution in [0.15, 0.2) is 84.3 Å². The summed E-state index contributed by atoms with van der Waals surface area (Å²) in [6.45, 7) is 0. The summed E-state index contributed by atoms with van der Waals surface area (Å²) in [6, 6.07) is 16.6. The first-order valence-electron chi connectivity index (χ1n) is 8.89. The number of rotatable bonds is 7. The fraction of sp³-hybridized carbons (Fsp3) is 0.0500. The molecule has 0 saturated carbocycles. The molecular formula is C20H18N6O3S. The van der Waals surface area contributed by atoms with Crippen LogP contribution in [0.3, 0.4) is 0 Å². The van der Waals surface area contributed by atoms with Crippen LogP contribution in [0.4, 0.5) is 17.2 Å². The van der Waals surface area contributed by atoms with E-state index in [0.717, 1.165) is 5.69 Å². The molecule has 4 aromatic rings. The topological polar surface area (TPSA) is 111 Å². The molecule has 0 spiro atoms. The molecule has 0 aliphatic rings. The summed E-state index contributed by atoms with van der Waals surface area (Å²) < 4.78 is 34.3. The Morgan fingerprint density at radius 3 is 2.37 bits per heavy atom. The first kappa shape index (κ1) is 19.4. The van der Waals surface area contributed by atoms with Gasteiger partial charge in [0.15, 0.2) is 5.82 Å². The minimum Gasteiger partial charge on any atom is -0.497 e. The van der Waals surface area contributed by atoms with Gasteiger partial charge in [0.05, 0.1) is 12.0 Å². The molecule has 10 heteroatoms. The minimum absolute atomic E-state index is 0.151. The molecule has 0 bridgehead atoms. The van der Waals surface area contributed by atoms with E-state index in [0.29, 0.717) is 23.1 Å². The van der Waals surface area contributed by atoms with Crippen molar-refractivity contribution in [1.82, 2.24) is 19.7 Å². The van der Waals surface area contributed by atoms with E-state index in [4.69, 9.17) is 4.74 Å². The molecule has 0 unspecified atom stereocenters. The van der Waals surface area contributed by atoms with Gasteiger partial charge in [0.1, 0.15) is 17.9 Å². The summed E-state index contributed by atoms with van der Waals surface area (Å²) in [7, 11) is -2.17. The summed E-state index contributed by atoms with van der Waals surface area (Å²) in [5, 5.41) is 7.30. The maximum Gasteiger partial charge on any atom is 0.261 e. The molecule has 0 fully saturated rings. The lowest BCUT2D eigenvalue weighted by Gasteiger charge is -2.10. The number of hydrogen-bond donors (Lipinski definition) is 2. The van der Waals surface area contributed by atoms with E-state index in [-0.39, 0.29) is 4.90 Å². The molecule has 0 aliphatic carbocycles. The number of hydrogen-bond acceptors (Lipinski definition) is 7. The highest BCUT2D eigenvalue weighted by molar-refractivity contribution is 7.92. The van der Waals surface area contributed by atoms with E-state index in [2.05, 4.69) is 25.1 Å². The molecule has 2 aromatic heterocycles. The highest BCUT2D eigenvalue weighted by atomic mass is 32.2. The van der Waals surface area contributed by atoms with E-state index in [9.17, 15) is 8.42 Å². The molecule has 0 aliphatic heterocycles. The maximum absolute atomic E-state index is 12.5. The SMILES string of the molecule is COc1ccc(S(=O)(=O)Nc2ccc(Nc3cc(-n4cccn4)ncn3)cc2)cc1. The quantitative estimate of drug-likeness (QED) is 0.470. The van der Waals surface area contributed by atoms with Crippen LogP contribution in [0, 0.1) is 0 Å². The van der Waals surface area contributed by atoms with Crippen LogP contribution in [0.25, 0.3) is 5.82 Å². The van der Waals surface area contributed by atoms with Crippen LogP contribution in [-0.4, -0.2) is 35.3 Å². The van der Waals surface area contributed by atoms with Crippen LogP contribution in [0.2, 0.25) is 0 Å². The number of nitrogens with zero attached hydrogens (tertiary/aromatic N) is 4. The van der Waals surface area contributed by atoms with Crippen molar-refractivity contribution in [3.05, 3.63) is 79.4 Å². The highest BCUT2D eigenvalue weighted by Gasteiger charge is 2.14. The van der Waals surface area contributed by atoms with Gasteiger partial charge in [-0.2, -0.15) is 5.10 Å². The standard InChI is InChI=1S/C20H18N6O3S/c1-29-17-7-9-18(10-8-17)30(27,28)25-16-5-3-15(4-6-16)24-19-13-20(22-14-21-19)26-12-2-11-23-26/h2-14,25H,1H3,(H,21,22,24). The number of sulfonamides is 1. The molecule has 2 N–H and O–H groups in total. The zero-order valence-corrected chi connectivity index (χ0v) is 16.7. The van der Waals surface area contributed by atoms with E-state index in [1.165, 1.54) is 25.6 Å². The van der Waals surface area contributed by atoms with E-state index >= 15 is 0 Å². The number of nitrogens with one attached hydrogen (secondary N) is 2. The first-order chi connectivity index (χ1) is 14.5. The van der Waals surface area contributed by atoms with E-state index < -0.39 is 10.0 Å². The van der Waals surface area contributed by atoms with Crippen molar-refractivity contribution in [1.29, 1.82) is 0 Å². The van der Waals surface area contributed by atoms with E-state index in [1.54, 1.807) is 65.6 Å². The second-order valence-electron chi connectivity index (χ2n) is 6.20. The van der Waals surface area contributed by atoms with Crippen LogP contribution in [-0.2, 0) is 10.0 Å². The Kier molecular flexibility index (Phi) is 5.31. The summed E-state index contributed by atoms with van der Waals surface area (Å²) >= 11 is 0. The normalized spacial score (nSPS) is 11.1. The third kappa shape index (κ3) is 4.39. The van der Waals surface area contributed by atoms with Gasteiger partial charge in [-0.1, -0.05) is 0 Å². The zero-order chi connectivity index (χ0) is 21.0. The van der Waals surface area contributed by atoms with Crippen molar-refractivity contribution in [2.75, 3.05) is 17.1 Å². The fourth-order valence-corrected chi connectivity index (χ4v) is 3.74. The summed E-state index contributed by atoms with van der Waals surface area (Å²) in [4.78, 5) is 8.53. The van der Waals surface area contributed by atoms with Gasteiger partial charge in [0.25, 0.3) is 10.0 Å². The molecule has 152 valence electrons. The Morgan fingerprint density at radius 2 is 1.70 bits per heavy atom. The molecule has 0 amide bonds. The average molecular weight is 422 g/mol. The van der Waals surface area contributed by atoms with Crippen LogP contribution < -0.4 is 14.8 Å². The molecule has 30 heavy (non-hydrogen) atoms. The Bertz CT molecular complexity index is 1220. The second kappa shape index (κ2) is 8.21. The lowest BCUT2D eigenvalue weighted by molar-refractivity contribution is 0.414. The van der Waals surface area contributed by atoms with Gasteiger partial charge in [-0.25, -0.2) is 23.1 Å². The molecule has 2 heterocycles. The van der Waals surface area contributed by atoms with Gasteiger partial charge < -0.3 is 10.1 Å². The smallest absolute Gasteiger partial charge is 0.261 e. The zero-order valence-electron chi connectivity index (χ0n) is 15.9. The maximum atomic E-state index is 12.5. The van der Waals surface area contributed by atoms with Crippen LogP contribution in [0.1, 0.15) is 0 Å². The van der Waals surface area contributed by atoms with Gasteiger partial charge in [-0.3, -0.25) is 4.72 Å². The number of ether oxygens (including phenoxy) is 1. The van der Waals surface area contributed by atoms with Crippen molar-refractivity contribution < 1.29 is 13.2 Å². The van der Waals surface area contributed by atoms with Gasteiger partial charge in [0.2, 0.25) is 0 Å². The second-order valence-corrected chi connectivity index (χ2v) is 7.88. The Morgan fingerprint density at radius 1 is 0.967 bits per heavy atom. The minimum atomic E-state index is -3.70. The number of aromatic nitrogens is 4. The van der Waals surface area contributed by atoms with Crippen LogP contribution in [0.5, 0.6) is 5.75 Å². The Hall–Kier alpha value is -3.92. The summed E-state index contributed by atoms with van der Waals surface area (Å²) in [6.07, 6.45) is 4.90. The monoisotopic (exact) mass is 422 g/mol. The Labute approximate surface area is 173 Å². The first-order valence-corrected chi connectivity index (χ1v) is 10.4. The lowest BCUT2D eigenvalue weighted by atomic mass is 10.3. The summed E-state index contributed by atoms with van der Waals surface area (Å²) in [5.41, 5.74) is 1.18. The molecular weight excluding hydrogens is 404 g/mol. The number of benzene rings is 2. The molecule has 4 rings (SSSR count). The van der Waals surface area contributed by atoms with Crippen molar-refractivity contribution in [2.24, 2.45) is 0 Å². The highest BCUT2D eigenvalue weighted by Crippen LogP contribution is 2.22. The average Bonchev–Trinajstić information content (AvgIpc) is 3.30. The van der Waals surface area contributed by atoms with Crippen molar-refractivity contribution in [2.45, 2.75) is 4.90 Å². The largest absolute Gasteiger partial charge is 0.497 e. The van der Waals surface area contributed by atoms with Gasteiger partial charge in [-0.15, -0.1) is 0 Å². The fourth-order valence-electron chi connectivity index (χ4n) is 2.68. The molecule has 2 aromatic carbocycles. The van der Waals surface area contributed by atoms with Gasteiger partial charge >= 0.3 is 0 Å². The van der Waals surface area contributed by atoms with Crippen molar-refractivity contribution in [3.8, 4) is 11.6 Å². The van der Waals surface area contributed by atoms with Gasteiger partial charge in [-0.05, 0) is 54.6 Å². The molecule has 0 saturated heterocycles. The predicted molar refractivity (Wildman–Crippen MR) is 113 cm³/mol.